The maximum atomic E-state index is 12.4. The number of allylic oxidation sites excluding steroid dienone is 2. The average molecular weight is 503 g/mol. The van der Waals surface area contributed by atoms with Gasteiger partial charge < -0.3 is 5.32 Å². The van der Waals surface area contributed by atoms with Crippen LogP contribution in [0.15, 0.2) is 63.1 Å². The van der Waals surface area contributed by atoms with Gasteiger partial charge in [0.05, 0.1) is 0 Å². The van der Waals surface area contributed by atoms with Crippen molar-refractivity contribution in [2.75, 3.05) is 0 Å². The van der Waals surface area contributed by atoms with Crippen molar-refractivity contribution in [3.05, 3.63) is 79.7 Å². The van der Waals surface area contributed by atoms with Crippen LogP contribution < -0.4 is 5.32 Å². The van der Waals surface area contributed by atoms with Crippen LogP contribution in [-0.4, -0.2) is 11.8 Å². The number of carbonyl (C=O) groups excluding carboxylic acids is 1. The Morgan fingerprint density at radius 1 is 1.04 bits per heavy atom. The third kappa shape index (κ3) is 4.84. The molecule has 2 aromatic rings. The van der Waals surface area contributed by atoms with E-state index in [1.54, 1.807) is 0 Å². The molecule has 1 fully saturated rings. The summed E-state index contributed by atoms with van der Waals surface area (Å²) in [5, 5.41) is 3.79. The first-order valence-electron chi connectivity index (χ1n) is 10.1. The molecule has 2 nitrogen and oxygen atoms in total. The molecule has 2 atom stereocenters. The Labute approximate surface area is 184 Å². The molecule has 0 aliphatic heterocycles. The summed E-state index contributed by atoms with van der Waals surface area (Å²) in [5.74, 6) is 0.877. The molecule has 146 valence electrons. The topological polar surface area (TPSA) is 29.1 Å². The zero-order valence-corrected chi connectivity index (χ0v) is 19.1. The van der Waals surface area contributed by atoms with E-state index in [1.165, 1.54) is 42.4 Å². The number of ketones is 1. The molecule has 0 unspecified atom stereocenters. The second kappa shape index (κ2) is 9.06. The third-order valence-corrected chi connectivity index (χ3v) is 6.94. The van der Waals surface area contributed by atoms with E-state index in [-0.39, 0.29) is 5.78 Å². The Morgan fingerprint density at radius 2 is 1.82 bits per heavy atom. The first kappa shape index (κ1) is 20.1. The molecule has 0 heterocycles. The van der Waals surface area contributed by atoms with Crippen LogP contribution in [0.4, 0.5) is 0 Å². The fourth-order valence-electron chi connectivity index (χ4n) is 4.62. The van der Waals surface area contributed by atoms with Gasteiger partial charge in [-0.15, -0.1) is 0 Å². The fraction of sp³-hybridized carbons (Fsp3) is 0.375. The summed E-state index contributed by atoms with van der Waals surface area (Å²) in [6, 6.07) is 15.0. The summed E-state index contributed by atoms with van der Waals surface area (Å²) in [6.07, 6.45) is 8.85. The second-order valence-corrected chi connectivity index (χ2v) is 9.83. The molecule has 2 aromatic carbocycles. The fourth-order valence-corrected chi connectivity index (χ4v) is 6.01. The van der Waals surface area contributed by atoms with Gasteiger partial charge >= 0.3 is 0 Å². The lowest BCUT2D eigenvalue weighted by Gasteiger charge is -2.23. The molecule has 4 rings (SSSR count). The normalized spacial score (nSPS) is 21.5. The largest absolute Gasteiger partial charge is 0.310 e. The predicted octanol–water partition coefficient (Wildman–Crippen LogP) is 6.62. The van der Waals surface area contributed by atoms with Gasteiger partial charge in [0, 0.05) is 27.1 Å². The number of carbonyl (C=O) groups is 1. The van der Waals surface area contributed by atoms with Gasteiger partial charge in [0.2, 0.25) is 0 Å². The standard InChI is InChI=1S/C24H25Br2NO/c25-20-11-17(12-21(26)14-20)15-27-23-7-3-5-18(23)9-8-16-10-19-4-1-2-6-22(19)24(28)13-16/h1-2,4,6,11-14,18,23,27H,3,5,7-10,15H2/t18-,23+/m1/s1. The van der Waals surface area contributed by atoms with Gasteiger partial charge in [-0.2, -0.15) is 0 Å². The lowest BCUT2D eigenvalue weighted by atomic mass is 9.86. The van der Waals surface area contributed by atoms with Crippen LogP contribution >= 0.6 is 31.9 Å². The van der Waals surface area contributed by atoms with Crippen molar-refractivity contribution in [3.63, 3.8) is 0 Å². The van der Waals surface area contributed by atoms with Crippen molar-refractivity contribution in [2.24, 2.45) is 5.92 Å². The minimum absolute atomic E-state index is 0.179. The Hall–Kier alpha value is -1.23. The van der Waals surface area contributed by atoms with E-state index < -0.39 is 0 Å². The number of fused-ring (bicyclic) bond motifs is 1. The van der Waals surface area contributed by atoms with Gasteiger partial charge in [0.25, 0.3) is 0 Å². The minimum Gasteiger partial charge on any atom is -0.310 e. The molecule has 0 amide bonds. The number of benzene rings is 2. The molecule has 2 aliphatic carbocycles. The minimum atomic E-state index is 0.179. The smallest absolute Gasteiger partial charge is 0.186 e. The van der Waals surface area contributed by atoms with Gasteiger partial charge in [0.1, 0.15) is 0 Å². The van der Waals surface area contributed by atoms with Gasteiger partial charge in [-0.1, -0.05) is 68.1 Å². The van der Waals surface area contributed by atoms with Gasteiger partial charge in [-0.05, 0) is 73.4 Å². The van der Waals surface area contributed by atoms with Gasteiger partial charge in [-0.25, -0.2) is 0 Å². The molecular weight excluding hydrogens is 478 g/mol. The Kier molecular flexibility index (Phi) is 6.49. The highest BCUT2D eigenvalue weighted by Gasteiger charge is 2.27. The Morgan fingerprint density at radius 3 is 2.64 bits per heavy atom. The number of rotatable bonds is 6. The Balaban J connectivity index is 1.33. The van der Waals surface area contributed by atoms with E-state index in [1.807, 2.05) is 24.3 Å². The van der Waals surface area contributed by atoms with Crippen molar-refractivity contribution in [1.29, 1.82) is 0 Å². The third-order valence-electron chi connectivity index (χ3n) is 6.02. The highest BCUT2D eigenvalue weighted by molar-refractivity contribution is 9.11. The highest BCUT2D eigenvalue weighted by atomic mass is 79.9. The van der Waals surface area contributed by atoms with Crippen LogP contribution in [-0.2, 0) is 13.0 Å². The van der Waals surface area contributed by atoms with E-state index >= 15 is 0 Å². The van der Waals surface area contributed by atoms with Crippen molar-refractivity contribution >= 4 is 37.6 Å². The number of hydrogen-bond donors (Lipinski definition) is 1. The van der Waals surface area contributed by atoms with Crippen LogP contribution in [0.5, 0.6) is 0 Å². The monoisotopic (exact) mass is 501 g/mol. The highest BCUT2D eigenvalue weighted by Crippen LogP contribution is 2.33. The van der Waals surface area contributed by atoms with Gasteiger partial charge in [0.15, 0.2) is 5.78 Å². The summed E-state index contributed by atoms with van der Waals surface area (Å²) in [7, 11) is 0. The van der Waals surface area contributed by atoms with Crippen molar-refractivity contribution in [2.45, 2.75) is 51.1 Å². The van der Waals surface area contributed by atoms with E-state index in [4.69, 9.17) is 0 Å². The summed E-state index contributed by atoms with van der Waals surface area (Å²) < 4.78 is 2.21. The van der Waals surface area contributed by atoms with Crippen LogP contribution in [0, 0.1) is 5.92 Å². The summed E-state index contributed by atoms with van der Waals surface area (Å²) in [6.45, 7) is 0.897. The van der Waals surface area contributed by atoms with E-state index in [0.29, 0.717) is 12.0 Å². The van der Waals surface area contributed by atoms with Crippen LogP contribution in [0.3, 0.4) is 0 Å². The van der Waals surface area contributed by atoms with Crippen LogP contribution in [0.25, 0.3) is 0 Å². The lowest BCUT2D eigenvalue weighted by molar-refractivity contribution is 0.104. The summed E-state index contributed by atoms with van der Waals surface area (Å²) in [4.78, 5) is 12.4. The SMILES string of the molecule is O=C1C=C(CC[C@H]2CCC[C@@H]2NCc2cc(Br)cc(Br)c2)Cc2ccccc21. The second-order valence-electron chi connectivity index (χ2n) is 8.00. The van der Waals surface area contributed by atoms with Gasteiger partial charge in [-0.3, -0.25) is 4.79 Å². The lowest BCUT2D eigenvalue weighted by Crippen LogP contribution is -2.32. The van der Waals surface area contributed by atoms with E-state index in [9.17, 15) is 4.79 Å². The van der Waals surface area contributed by atoms with E-state index in [0.717, 1.165) is 33.9 Å². The number of hydrogen-bond acceptors (Lipinski definition) is 2. The molecule has 0 saturated heterocycles. The van der Waals surface area contributed by atoms with Crippen molar-refractivity contribution in [3.8, 4) is 0 Å². The molecule has 2 aliphatic rings. The first-order valence-corrected chi connectivity index (χ1v) is 11.7. The van der Waals surface area contributed by atoms with E-state index in [2.05, 4.69) is 61.4 Å². The average Bonchev–Trinajstić information content (AvgIpc) is 3.11. The molecule has 0 aromatic heterocycles. The molecule has 0 radical (unpaired) electrons. The summed E-state index contributed by atoms with van der Waals surface area (Å²) >= 11 is 7.14. The summed E-state index contributed by atoms with van der Waals surface area (Å²) in [5.41, 5.74) is 4.66. The van der Waals surface area contributed by atoms with Crippen molar-refractivity contribution < 1.29 is 4.79 Å². The zero-order valence-electron chi connectivity index (χ0n) is 15.9. The molecule has 1 saturated carbocycles. The molecule has 28 heavy (non-hydrogen) atoms. The predicted molar refractivity (Wildman–Crippen MR) is 122 cm³/mol. The zero-order chi connectivity index (χ0) is 19.5. The molecular formula is C24H25Br2NO. The van der Waals surface area contributed by atoms with Crippen LogP contribution in [0.1, 0.15) is 53.6 Å². The number of halogens is 2. The molecule has 1 N–H and O–H groups in total. The molecule has 4 heteroatoms. The van der Waals surface area contributed by atoms with Crippen molar-refractivity contribution in [1.82, 2.24) is 5.32 Å². The number of nitrogens with one attached hydrogen (secondary N) is 1. The quantitative estimate of drug-likeness (QED) is 0.481. The maximum absolute atomic E-state index is 12.4. The maximum Gasteiger partial charge on any atom is 0.186 e. The first-order chi connectivity index (χ1) is 13.6. The van der Waals surface area contributed by atoms with Crippen LogP contribution in [0.2, 0.25) is 0 Å². The molecule has 0 spiro atoms. The Bertz CT molecular complexity index is 885. The molecule has 0 bridgehead atoms.